The van der Waals surface area contributed by atoms with Crippen LogP contribution in [0.5, 0.6) is 5.75 Å². The van der Waals surface area contributed by atoms with Crippen molar-refractivity contribution >= 4 is 11.8 Å². The summed E-state index contributed by atoms with van der Waals surface area (Å²) in [5.74, 6) is -0.665. The molecular weight excluding hydrogens is 373 g/mol. The van der Waals surface area contributed by atoms with Gasteiger partial charge in [-0.05, 0) is 43.7 Å². The second-order valence-corrected chi connectivity index (χ2v) is 7.45. The number of primary amides is 1. The Labute approximate surface area is 170 Å². The van der Waals surface area contributed by atoms with E-state index in [0.29, 0.717) is 25.4 Å². The maximum absolute atomic E-state index is 13.1. The summed E-state index contributed by atoms with van der Waals surface area (Å²) >= 11 is 0. The number of nitrogens with zero attached hydrogens (tertiary/aromatic N) is 2. The van der Waals surface area contributed by atoms with Crippen LogP contribution in [0.25, 0.3) is 0 Å². The predicted molar refractivity (Wildman–Crippen MR) is 108 cm³/mol. The number of nitrogens with two attached hydrogens (primary N) is 1. The van der Waals surface area contributed by atoms with E-state index >= 15 is 0 Å². The number of hydrogen-bond acceptors (Lipinski definition) is 4. The lowest BCUT2D eigenvalue weighted by atomic mass is 10.1. The SMILES string of the molecule is C[C@@H]1CN(C(=O)COc2ccccc2C(N)=O)[C@@H](C)CN1Cc1ccc(F)cc1. The van der Waals surface area contributed by atoms with Gasteiger partial charge in [-0.3, -0.25) is 14.5 Å². The van der Waals surface area contributed by atoms with Gasteiger partial charge < -0.3 is 15.4 Å². The second kappa shape index (κ2) is 9.05. The lowest BCUT2D eigenvalue weighted by molar-refractivity contribution is -0.139. The summed E-state index contributed by atoms with van der Waals surface area (Å²) in [4.78, 5) is 28.3. The Hall–Kier alpha value is -2.93. The van der Waals surface area contributed by atoms with Gasteiger partial charge in [0.15, 0.2) is 6.61 Å². The second-order valence-electron chi connectivity index (χ2n) is 7.45. The number of benzene rings is 2. The van der Waals surface area contributed by atoms with Gasteiger partial charge in [-0.2, -0.15) is 0 Å². The van der Waals surface area contributed by atoms with Crippen LogP contribution in [0.3, 0.4) is 0 Å². The van der Waals surface area contributed by atoms with Gasteiger partial charge >= 0.3 is 0 Å². The Morgan fingerprint density at radius 2 is 1.76 bits per heavy atom. The minimum atomic E-state index is -0.593. The number of ether oxygens (including phenoxy) is 1. The molecule has 0 unspecified atom stereocenters. The van der Waals surface area contributed by atoms with Crippen LogP contribution in [0.4, 0.5) is 4.39 Å². The van der Waals surface area contributed by atoms with Gasteiger partial charge in [-0.25, -0.2) is 4.39 Å². The summed E-state index contributed by atoms with van der Waals surface area (Å²) in [7, 11) is 0. The maximum Gasteiger partial charge on any atom is 0.260 e. The number of para-hydroxylation sites is 1. The van der Waals surface area contributed by atoms with Crippen LogP contribution in [0.1, 0.15) is 29.8 Å². The standard InChI is InChI=1S/C22H26FN3O3/c1-15-12-26(16(2)11-25(15)13-17-7-9-18(23)10-8-17)21(27)14-29-20-6-4-3-5-19(20)22(24)28/h3-10,15-16H,11-14H2,1-2H3,(H2,24,28)/t15-,16+/m1/s1. The summed E-state index contributed by atoms with van der Waals surface area (Å²) in [5.41, 5.74) is 6.64. The minimum absolute atomic E-state index is 0.00846. The molecule has 154 valence electrons. The predicted octanol–water partition coefficient (Wildman–Crippen LogP) is 2.42. The average Bonchev–Trinajstić information content (AvgIpc) is 2.70. The average molecular weight is 399 g/mol. The molecule has 7 heteroatoms. The van der Waals surface area contributed by atoms with Crippen molar-refractivity contribution in [3.63, 3.8) is 0 Å². The van der Waals surface area contributed by atoms with Crippen molar-refractivity contribution in [1.82, 2.24) is 9.80 Å². The van der Waals surface area contributed by atoms with E-state index in [2.05, 4.69) is 11.8 Å². The van der Waals surface area contributed by atoms with E-state index < -0.39 is 5.91 Å². The first-order valence-electron chi connectivity index (χ1n) is 9.64. The molecule has 2 amide bonds. The zero-order valence-corrected chi connectivity index (χ0v) is 16.7. The number of halogens is 1. The van der Waals surface area contributed by atoms with E-state index in [1.54, 1.807) is 41.3 Å². The molecule has 0 aromatic heterocycles. The van der Waals surface area contributed by atoms with Crippen LogP contribution >= 0.6 is 0 Å². The summed E-state index contributed by atoms with van der Waals surface area (Å²) < 4.78 is 18.7. The number of carbonyl (C=O) groups excluding carboxylic acids is 2. The molecule has 3 rings (SSSR count). The molecular formula is C22H26FN3O3. The molecule has 0 saturated carbocycles. The Morgan fingerprint density at radius 3 is 2.45 bits per heavy atom. The van der Waals surface area contributed by atoms with Gasteiger partial charge in [-0.1, -0.05) is 24.3 Å². The van der Waals surface area contributed by atoms with E-state index in [1.807, 2.05) is 6.92 Å². The number of carbonyl (C=O) groups is 2. The van der Waals surface area contributed by atoms with Crippen molar-refractivity contribution in [2.24, 2.45) is 5.73 Å². The molecule has 0 radical (unpaired) electrons. The van der Waals surface area contributed by atoms with Gasteiger partial charge in [0.05, 0.1) is 5.56 Å². The molecule has 1 aliphatic heterocycles. The molecule has 1 saturated heterocycles. The molecule has 2 aromatic rings. The molecule has 0 spiro atoms. The third kappa shape index (κ3) is 5.12. The van der Waals surface area contributed by atoms with Crippen molar-refractivity contribution in [2.75, 3.05) is 19.7 Å². The normalized spacial score (nSPS) is 19.8. The van der Waals surface area contributed by atoms with Gasteiger partial charge in [0.1, 0.15) is 11.6 Å². The largest absolute Gasteiger partial charge is 0.483 e. The molecule has 0 aliphatic carbocycles. The minimum Gasteiger partial charge on any atom is -0.483 e. The first-order valence-corrected chi connectivity index (χ1v) is 9.64. The topological polar surface area (TPSA) is 75.9 Å². The quantitative estimate of drug-likeness (QED) is 0.810. The third-order valence-electron chi connectivity index (χ3n) is 5.24. The molecule has 29 heavy (non-hydrogen) atoms. The lowest BCUT2D eigenvalue weighted by Gasteiger charge is -2.44. The Kier molecular flexibility index (Phi) is 6.49. The smallest absolute Gasteiger partial charge is 0.260 e. The molecule has 2 atom stereocenters. The fourth-order valence-electron chi connectivity index (χ4n) is 3.61. The van der Waals surface area contributed by atoms with Gasteiger partial charge in [-0.15, -0.1) is 0 Å². The molecule has 1 aliphatic rings. The van der Waals surface area contributed by atoms with Crippen LogP contribution in [-0.2, 0) is 11.3 Å². The van der Waals surface area contributed by atoms with E-state index in [1.165, 1.54) is 12.1 Å². The summed E-state index contributed by atoms with van der Waals surface area (Å²) in [5, 5.41) is 0. The lowest BCUT2D eigenvalue weighted by Crippen LogP contribution is -2.58. The number of piperazine rings is 1. The van der Waals surface area contributed by atoms with Crippen molar-refractivity contribution in [1.29, 1.82) is 0 Å². The summed E-state index contributed by atoms with van der Waals surface area (Å²) in [6.07, 6.45) is 0. The zero-order chi connectivity index (χ0) is 21.0. The number of amides is 2. The van der Waals surface area contributed by atoms with E-state index in [0.717, 1.165) is 5.56 Å². The third-order valence-corrected chi connectivity index (χ3v) is 5.24. The van der Waals surface area contributed by atoms with Gasteiger partial charge in [0, 0.05) is 31.7 Å². The van der Waals surface area contributed by atoms with Crippen LogP contribution < -0.4 is 10.5 Å². The molecule has 2 N–H and O–H groups in total. The van der Waals surface area contributed by atoms with Crippen molar-refractivity contribution in [2.45, 2.75) is 32.5 Å². The van der Waals surface area contributed by atoms with Crippen LogP contribution in [0.2, 0.25) is 0 Å². The van der Waals surface area contributed by atoms with E-state index in [9.17, 15) is 14.0 Å². The molecule has 2 aromatic carbocycles. The molecule has 6 nitrogen and oxygen atoms in total. The number of rotatable bonds is 6. The summed E-state index contributed by atoms with van der Waals surface area (Å²) in [6, 6.07) is 13.3. The monoisotopic (exact) mass is 399 g/mol. The molecule has 0 bridgehead atoms. The Balaban J connectivity index is 1.59. The fraction of sp³-hybridized carbons (Fsp3) is 0.364. The zero-order valence-electron chi connectivity index (χ0n) is 16.7. The van der Waals surface area contributed by atoms with Crippen molar-refractivity contribution < 1.29 is 18.7 Å². The van der Waals surface area contributed by atoms with E-state index in [-0.39, 0.29) is 36.0 Å². The van der Waals surface area contributed by atoms with Crippen molar-refractivity contribution in [3.05, 3.63) is 65.5 Å². The highest BCUT2D eigenvalue weighted by molar-refractivity contribution is 5.95. The van der Waals surface area contributed by atoms with Crippen molar-refractivity contribution in [3.8, 4) is 5.75 Å². The molecule has 1 fully saturated rings. The number of hydrogen-bond donors (Lipinski definition) is 1. The Morgan fingerprint density at radius 1 is 1.07 bits per heavy atom. The van der Waals surface area contributed by atoms with E-state index in [4.69, 9.17) is 10.5 Å². The highest BCUT2D eigenvalue weighted by Gasteiger charge is 2.32. The van der Waals surface area contributed by atoms with Crippen LogP contribution in [0.15, 0.2) is 48.5 Å². The van der Waals surface area contributed by atoms with Gasteiger partial charge in [0.2, 0.25) is 0 Å². The summed E-state index contributed by atoms with van der Waals surface area (Å²) in [6.45, 7) is 5.90. The highest BCUT2D eigenvalue weighted by Crippen LogP contribution is 2.20. The maximum atomic E-state index is 13.1. The highest BCUT2D eigenvalue weighted by atomic mass is 19.1. The van der Waals surface area contributed by atoms with Gasteiger partial charge in [0.25, 0.3) is 11.8 Å². The first-order chi connectivity index (χ1) is 13.8. The Bertz CT molecular complexity index is 872. The van der Waals surface area contributed by atoms with Crippen LogP contribution in [-0.4, -0.2) is 53.4 Å². The first kappa shape index (κ1) is 20.8. The fourth-order valence-corrected chi connectivity index (χ4v) is 3.61. The molecule has 1 heterocycles. The van der Waals surface area contributed by atoms with Crippen LogP contribution in [0, 0.1) is 5.82 Å².